The third-order valence-electron chi connectivity index (χ3n) is 3.86. The van der Waals surface area contributed by atoms with E-state index >= 15 is 0 Å². The molecule has 1 aliphatic rings. The Morgan fingerprint density at radius 3 is 2.38 bits per heavy atom. The molecule has 6 nitrogen and oxygen atoms in total. The summed E-state index contributed by atoms with van der Waals surface area (Å²) in [5.41, 5.74) is 1.98. The lowest BCUT2D eigenvalue weighted by Gasteiger charge is -2.10. The van der Waals surface area contributed by atoms with Gasteiger partial charge in [0.2, 0.25) is 5.91 Å². The molecule has 126 valence electrons. The van der Waals surface area contributed by atoms with E-state index < -0.39 is 5.97 Å². The number of hydrogen-bond donors (Lipinski definition) is 3. The molecule has 0 radical (unpaired) electrons. The minimum absolute atomic E-state index is 0. The first kappa shape index (κ1) is 17.9. The van der Waals surface area contributed by atoms with Gasteiger partial charge >= 0.3 is 5.97 Å². The zero-order valence-electron chi connectivity index (χ0n) is 12.9. The zero-order chi connectivity index (χ0) is 16.2. The summed E-state index contributed by atoms with van der Waals surface area (Å²) >= 11 is 0. The van der Waals surface area contributed by atoms with Crippen LogP contribution in [0.15, 0.2) is 42.6 Å². The Kier molecular flexibility index (Phi) is 5.89. The Labute approximate surface area is 145 Å². The van der Waals surface area contributed by atoms with Crippen molar-refractivity contribution < 1.29 is 14.7 Å². The summed E-state index contributed by atoms with van der Waals surface area (Å²) in [7, 11) is 0. The fourth-order valence-corrected chi connectivity index (χ4v) is 2.57. The fraction of sp³-hybridized carbons (Fsp3) is 0.235. The third kappa shape index (κ3) is 4.10. The lowest BCUT2D eigenvalue weighted by molar-refractivity contribution is -0.117. The topological polar surface area (TPSA) is 91.3 Å². The van der Waals surface area contributed by atoms with Crippen molar-refractivity contribution in [2.24, 2.45) is 0 Å². The molecule has 2 heterocycles. The van der Waals surface area contributed by atoms with Crippen molar-refractivity contribution in [2.75, 3.05) is 11.9 Å². The molecule has 1 aliphatic heterocycles. The van der Waals surface area contributed by atoms with Gasteiger partial charge in [-0.15, -0.1) is 12.4 Å². The number of nitrogens with zero attached hydrogens (tertiary/aromatic N) is 1. The minimum atomic E-state index is -0.951. The highest BCUT2D eigenvalue weighted by molar-refractivity contribution is 5.94. The van der Waals surface area contributed by atoms with Gasteiger partial charge in [0, 0.05) is 11.8 Å². The molecule has 1 fully saturated rings. The number of carboxylic acid groups (broad SMARTS) is 1. The molecule has 1 aromatic heterocycles. The van der Waals surface area contributed by atoms with Gasteiger partial charge in [-0.3, -0.25) is 4.79 Å². The van der Waals surface area contributed by atoms with Crippen LogP contribution in [0.1, 0.15) is 23.2 Å². The van der Waals surface area contributed by atoms with E-state index in [4.69, 9.17) is 5.11 Å². The largest absolute Gasteiger partial charge is 0.478 e. The summed E-state index contributed by atoms with van der Waals surface area (Å²) < 4.78 is 0. The van der Waals surface area contributed by atoms with Crippen LogP contribution >= 0.6 is 12.4 Å². The van der Waals surface area contributed by atoms with E-state index in [0.717, 1.165) is 30.5 Å². The molecule has 3 rings (SSSR count). The van der Waals surface area contributed by atoms with Gasteiger partial charge < -0.3 is 15.7 Å². The number of hydrogen-bond acceptors (Lipinski definition) is 4. The average Bonchev–Trinajstić information content (AvgIpc) is 3.10. The van der Waals surface area contributed by atoms with Gasteiger partial charge in [-0.25, -0.2) is 9.78 Å². The first-order chi connectivity index (χ1) is 11.1. The van der Waals surface area contributed by atoms with Crippen molar-refractivity contribution in [3.63, 3.8) is 0 Å². The summed E-state index contributed by atoms with van der Waals surface area (Å²) in [6.45, 7) is 0.872. The SMILES string of the molecule is Cl.O=C(O)c1ccc(-c2ccc(NC(=O)[C@H]3CCCN3)nc2)cc1. The number of carbonyl (C=O) groups excluding carboxylic acids is 1. The third-order valence-corrected chi connectivity index (χ3v) is 3.86. The molecule has 1 saturated heterocycles. The molecular formula is C17H18ClN3O3. The van der Waals surface area contributed by atoms with Crippen LogP contribution in [0.4, 0.5) is 5.82 Å². The summed E-state index contributed by atoms with van der Waals surface area (Å²) in [5, 5.41) is 14.8. The standard InChI is InChI=1S/C17H17N3O3.ClH/c21-16(14-2-1-9-18-14)20-15-8-7-13(10-19-15)11-3-5-12(6-4-11)17(22)23;/h3-8,10,14,18H,1-2,9H2,(H,22,23)(H,19,20,21);1H/t14-;/m1./s1. The van der Waals surface area contributed by atoms with Gasteiger partial charge in [0.05, 0.1) is 11.6 Å². The maximum absolute atomic E-state index is 12.0. The molecule has 0 spiro atoms. The number of halogens is 1. The van der Waals surface area contributed by atoms with E-state index in [1.165, 1.54) is 0 Å². The Hall–Kier alpha value is -2.44. The Morgan fingerprint density at radius 1 is 1.12 bits per heavy atom. The molecule has 2 aromatic rings. The van der Waals surface area contributed by atoms with Crippen LogP contribution in [0.25, 0.3) is 11.1 Å². The molecule has 1 aromatic carbocycles. The predicted octanol–water partition coefficient (Wildman–Crippen LogP) is 2.56. The minimum Gasteiger partial charge on any atom is -0.478 e. The number of carboxylic acids is 1. The highest BCUT2D eigenvalue weighted by Gasteiger charge is 2.22. The Morgan fingerprint density at radius 2 is 1.83 bits per heavy atom. The molecular weight excluding hydrogens is 330 g/mol. The van der Waals surface area contributed by atoms with Crippen LogP contribution in [-0.2, 0) is 4.79 Å². The van der Waals surface area contributed by atoms with Crippen LogP contribution in [0.3, 0.4) is 0 Å². The van der Waals surface area contributed by atoms with Crippen molar-refractivity contribution in [2.45, 2.75) is 18.9 Å². The number of nitrogens with one attached hydrogen (secondary N) is 2. The number of anilines is 1. The number of amides is 1. The molecule has 1 atom stereocenters. The lowest BCUT2D eigenvalue weighted by atomic mass is 10.1. The molecule has 1 amide bonds. The normalized spacial score (nSPS) is 16.2. The highest BCUT2D eigenvalue weighted by Crippen LogP contribution is 2.20. The quantitative estimate of drug-likeness (QED) is 0.790. The summed E-state index contributed by atoms with van der Waals surface area (Å²) in [4.78, 5) is 27.1. The van der Waals surface area contributed by atoms with Crippen LogP contribution in [0.2, 0.25) is 0 Å². The lowest BCUT2D eigenvalue weighted by Crippen LogP contribution is -2.35. The van der Waals surface area contributed by atoms with Crippen molar-refractivity contribution in [3.8, 4) is 11.1 Å². The smallest absolute Gasteiger partial charge is 0.335 e. The number of aromatic nitrogens is 1. The van der Waals surface area contributed by atoms with Crippen molar-refractivity contribution >= 4 is 30.1 Å². The van der Waals surface area contributed by atoms with E-state index in [1.807, 2.05) is 6.07 Å². The van der Waals surface area contributed by atoms with Crippen molar-refractivity contribution in [3.05, 3.63) is 48.2 Å². The number of carbonyl (C=O) groups is 2. The molecule has 0 aliphatic carbocycles. The number of rotatable bonds is 4. The monoisotopic (exact) mass is 347 g/mol. The first-order valence-electron chi connectivity index (χ1n) is 7.47. The highest BCUT2D eigenvalue weighted by atomic mass is 35.5. The molecule has 0 saturated carbocycles. The molecule has 0 bridgehead atoms. The van der Waals surface area contributed by atoms with Crippen LogP contribution in [0, 0.1) is 0 Å². The maximum Gasteiger partial charge on any atom is 0.335 e. The van der Waals surface area contributed by atoms with Crippen LogP contribution < -0.4 is 10.6 Å². The predicted molar refractivity (Wildman–Crippen MR) is 93.5 cm³/mol. The second-order valence-electron chi connectivity index (χ2n) is 5.45. The summed E-state index contributed by atoms with van der Waals surface area (Å²) in [6, 6.07) is 10.0. The second-order valence-corrected chi connectivity index (χ2v) is 5.45. The van der Waals surface area contributed by atoms with E-state index in [0.29, 0.717) is 5.82 Å². The van der Waals surface area contributed by atoms with E-state index in [2.05, 4.69) is 15.6 Å². The fourth-order valence-electron chi connectivity index (χ4n) is 2.57. The van der Waals surface area contributed by atoms with E-state index in [1.54, 1.807) is 36.5 Å². The average molecular weight is 348 g/mol. The second kappa shape index (κ2) is 7.90. The summed E-state index contributed by atoms with van der Waals surface area (Å²) in [6.07, 6.45) is 3.52. The van der Waals surface area contributed by atoms with Crippen molar-refractivity contribution in [1.29, 1.82) is 0 Å². The van der Waals surface area contributed by atoms with Gasteiger partial charge in [0.15, 0.2) is 0 Å². The molecule has 24 heavy (non-hydrogen) atoms. The van der Waals surface area contributed by atoms with Gasteiger partial charge in [-0.2, -0.15) is 0 Å². The van der Waals surface area contributed by atoms with Gasteiger partial charge in [-0.1, -0.05) is 12.1 Å². The van der Waals surface area contributed by atoms with Gasteiger partial charge in [0.25, 0.3) is 0 Å². The van der Waals surface area contributed by atoms with Crippen LogP contribution in [0.5, 0.6) is 0 Å². The Bertz CT molecular complexity index is 711. The van der Waals surface area contributed by atoms with E-state index in [9.17, 15) is 9.59 Å². The van der Waals surface area contributed by atoms with Gasteiger partial charge in [-0.05, 0) is 49.2 Å². The van der Waals surface area contributed by atoms with Gasteiger partial charge in [0.1, 0.15) is 5.82 Å². The van der Waals surface area contributed by atoms with Crippen LogP contribution in [-0.4, -0.2) is 34.6 Å². The summed E-state index contributed by atoms with van der Waals surface area (Å²) in [5.74, 6) is -0.503. The molecule has 0 unspecified atom stereocenters. The Balaban J connectivity index is 0.00000208. The number of benzene rings is 1. The van der Waals surface area contributed by atoms with E-state index in [-0.39, 0.29) is 29.9 Å². The first-order valence-corrected chi connectivity index (χ1v) is 7.47. The zero-order valence-corrected chi connectivity index (χ0v) is 13.7. The molecule has 3 N–H and O–H groups in total. The maximum atomic E-state index is 12.0. The molecule has 7 heteroatoms. The number of pyridine rings is 1. The number of aromatic carboxylic acids is 1. The van der Waals surface area contributed by atoms with Crippen molar-refractivity contribution in [1.82, 2.24) is 10.3 Å².